The quantitative estimate of drug-likeness (QED) is 0.614. The molecule has 1 saturated heterocycles. The van der Waals surface area contributed by atoms with Crippen molar-refractivity contribution in [3.8, 4) is 0 Å². The van der Waals surface area contributed by atoms with Crippen molar-refractivity contribution < 1.29 is 19.8 Å². The molecule has 1 heterocycles. The molecular weight excluding hydrogens is 342 g/mol. The van der Waals surface area contributed by atoms with E-state index in [1.54, 1.807) is 24.3 Å². The van der Waals surface area contributed by atoms with E-state index >= 15 is 0 Å². The monoisotopic (exact) mass is 373 g/mol. The zero-order chi connectivity index (χ0) is 19.8. The summed E-state index contributed by atoms with van der Waals surface area (Å²) in [5.41, 5.74) is 1.28. The molecule has 0 spiro atoms. The Kier molecular flexibility index (Phi) is 8.04. The van der Waals surface area contributed by atoms with E-state index in [-0.39, 0.29) is 17.5 Å². The van der Waals surface area contributed by atoms with Gasteiger partial charge in [0.15, 0.2) is 0 Å². The third-order valence-corrected chi connectivity index (χ3v) is 5.05. The fourth-order valence-electron chi connectivity index (χ4n) is 3.40. The predicted molar refractivity (Wildman–Crippen MR) is 106 cm³/mol. The Morgan fingerprint density at radius 3 is 2.59 bits per heavy atom. The second-order valence-electron chi connectivity index (χ2n) is 7.72. The number of likely N-dealkylation sites (tertiary alicyclic amines) is 1. The minimum Gasteiger partial charge on any atom is -0.478 e. The smallest absolute Gasteiger partial charge is 0.335 e. The highest BCUT2D eigenvalue weighted by molar-refractivity contribution is 5.87. The topological polar surface area (TPSA) is 77.8 Å². The number of amides is 1. The van der Waals surface area contributed by atoms with Gasteiger partial charge in [0, 0.05) is 13.0 Å². The molecule has 0 aromatic heterocycles. The lowest BCUT2D eigenvalue weighted by Crippen LogP contribution is -2.33. The SMILES string of the molecule is CC(C)CCC[C@@H](O)C=C[C@H]1CCC(=O)N1CCc1ccc(C(=O)O)cc1. The summed E-state index contributed by atoms with van der Waals surface area (Å²) in [4.78, 5) is 25.0. The van der Waals surface area contributed by atoms with E-state index in [2.05, 4.69) is 13.8 Å². The van der Waals surface area contributed by atoms with Crippen molar-refractivity contribution in [1.82, 2.24) is 4.90 Å². The molecule has 1 aromatic rings. The number of benzene rings is 1. The first kappa shape index (κ1) is 21.2. The number of hydrogen-bond donors (Lipinski definition) is 2. The third kappa shape index (κ3) is 6.83. The molecule has 0 unspecified atom stereocenters. The molecule has 1 fully saturated rings. The number of rotatable bonds is 10. The van der Waals surface area contributed by atoms with Gasteiger partial charge in [0.25, 0.3) is 0 Å². The Labute approximate surface area is 161 Å². The maximum Gasteiger partial charge on any atom is 0.335 e. The van der Waals surface area contributed by atoms with E-state index in [9.17, 15) is 14.7 Å². The van der Waals surface area contributed by atoms with Gasteiger partial charge in [-0.1, -0.05) is 51.0 Å². The number of nitrogens with zero attached hydrogens (tertiary/aromatic N) is 1. The van der Waals surface area contributed by atoms with Gasteiger partial charge in [-0.3, -0.25) is 4.79 Å². The Morgan fingerprint density at radius 1 is 1.26 bits per heavy atom. The summed E-state index contributed by atoms with van der Waals surface area (Å²) in [6.45, 7) is 4.96. The second-order valence-corrected chi connectivity index (χ2v) is 7.72. The van der Waals surface area contributed by atoms with Crippen LogP contribution in [0.25, 0.3) is 0 Å². The Bertz CT molecular complexity index is 651. The lowest BCUT2D eigenvalue weighted by molar-refractivity contribution is -0.128. The van der Waals surface area contributed by atoms with Crippen LogP contribution in [-0.4, -0.2) is 45.7 Å². The van der Waals surface area contributed by atoms with Crippen LogP contribution in [0.5, 0.6) is 0 Å². The number of aromatic carboxylic acids is 1. The lowest BCUT2D eigenvalue weighted by atomic mass is 10.0. The van der Waals surface area contributed by atoms with Gasteiger partial charge in [0.1, 0.15) is 0 Å². The molecule has 148 valence electrons. The Hall–Kier alpha value is -2.14. The normalized spacial score (nSPS) is 18.6. The van der Waals surface area contributed by atoms with E-state index in [0.717, 1.165) is 31.2 Å². The number of hydrogen-bond acceptors (Lipinski definition) is 3. The Balaban J connectivity index is 1.86. The Morgan fingerprint density at radius 2 is 1.96 bits per heavy atom. The minimum atomic E-state index is -0.937. The highest BCUT2D eigenvalue weighted by atomic mass is 16.4. The molecule has 0 aliphatic carbocycles. The van der Waals surface area contributed by atoms with Crippen LogP contribution >= 0.6 is 0 Å². The first-order valence-electron chi connectivity index (χ1n) is 9.85. The summed E-state index contributed by atoms with van der Waals surface area (Å²) in [6.07, 6.45) is 8.23. The lowest BCUT2D eigenvalue weighted by Gasteiger charge is -2.23. The highest BCUT2D eigenvalue weighted by Crippen LogP contribution is 2.21. The number of carboxylic acids is 1. The van der Waals surface area contributed by atoms with E-state index in [1.807, 2.05) is 17.1 Å². The van der Waals surface area contributed by atoms with Crippen LogP contribution < -0.4 is 0 Å². The van der Waals surface area contributed by atoms with Crippen LogP contribution in [-0.2, 0) is 11.2 Å². The van der Waals surface area contributed by atoms with Crippen LogP contribution in [0.2, 0.25) is 0 Å². The van der Waals surface area contributed by atoms with Crippen molar-refractivity contribution in [1.29, 1.82) is 0 Å². The van der Waals surface area contributed by atoms with Gasteiger partial charge in [0.05, 0.1) is 17.7 Å². The van der Waals surface area contributed by atoms with Crippen molar-refractivity contribution in [2.45, 2.75) is 64.5 Å². The number of carbonyl (C=O) groups excluding carboxylic acids is 1. The summed E-state index contributed by atoms with van der Waals surface area (Å²) in [5, 5.41) is 19.1. The third-order valence-electron chi connectivity index (χ3n) is 5.05. The van der Waals surface area contributed by atoms with Crippen LogP contribution in [0.15, 0.2) is 36.4 Å². The summed E-state index contributed by atoms with van der Waals surface area (Å²) in [7, 11) is 0. The van der Waals surface area contributed by atoms with Gasteiger partial charge >= 0.3 is 5.97 Å². The zero-order valence-electron chi connectivity index (χ0n) is 16.3. The molecule has 1 aromatic carbocycles. The maximum absolute atomic E-state index is 12.2. The van der Waals surface area contributed by atoms with Crippen molar-refractivity contribution in [2.24, 2.45) is 5.92 Å². The summed E-state index contributed by atoms with van der Waals surface area (Å²) >= 11 is 0. The molecule has 5 heteroatoms. The van der Waals surface area contributed by atoms with Crippen molar-refractivity contribution in [2.75, 3.05) is 6.54 Å². The van der Waals surface area contributed by atoms with E-state index in [4.69, 9.17) is 5.11 Å². The van der Waals surface area contributed by atoms with E-state index in [0.29, 0.717) is 25.3 Å². The van der Waals surface area contributed by atoms with Gasteiger partial charge in [0.2, 0.25) is 5.91 Å². The summed E-state index contributed by atoms with van der Waals surface area (Å²) in [6, 6.07) is 6.82. The molecule has 0 saturated carbocycles. The highest BCUT2D eigenvalue weighted by Gasteiger charge is 2.28. The molecule has 0 radical (unpaired) electrons. The molecule has 1 aliphatic rings. The van der Waals surface area contributed by atoms with E-state index < -0.39 is 12.1 Å². The number of carbonyl (C=O) groups is 2. The molecule has 27 heavy (non-hydrogen) atoms. The average molecular weight is 373 g/mol. The number of aliphatic hydroxyl groups is 1. The molecule has 1 amide bonds. The summed E-state index contributed by atoms with van der Waals surface area (Å²) < 4.78 is 0. The van der Waals surface area contributed by atoms with E-state index in [1.165, 1.54) is 0 Å². The van der Waals surface area contributed by atoms with Crippen LogP contribution in [0.4, 0.5) is 0 Å². The van der Waals surface area contributed by atoms with Gasteiger partial charge < -0.3 is 15.1 Å². The molecule has 2 rings (SSSR count). The first-order valence-corrected chi connectivity index (χ1v) is 9.85. The standard InChI is InChI=1S/C22H31NO4/c1-16(2)4-3-5-20(24)12-10-19-11-13-21(25)23(19)15-14-17-6-8-18(9-7-17)22(26)27/h6-10,12,16,19-20,24H,3-5,11,13-15H2,1-2H3,(H,26,27)/t19-,20+/m0/s1. The first-order chi connectivity index (χ1) is 12.9. The zero-order valence-corrected chi connectivity index (χ0v) is 16.3. The number of carboxylic acid groups (broad SMARTS) is 1. The van der Waals surface area contributed by atoms with Crippen LogP contribution in [0.3, 0.4) is 0 Å². The fraction of sp³-hybridized carbons (Fsp3) is 0.545. The summed E-state index contributed by atoms with van der Waals surface area (Å²) in [5.74, 6) is -0.150. The average Bonchev–Trinajstić information content (AvgIpc) is 2.98. The molecule has 2 N–H and O–H groups in total. The number of aliphatic hydroxyl groups excluding tert-OH is 1. The predicted octanol–water partition coefficient (Wildman–Crippen LogP) is 3.66. The molecule has 0 bridgehead atoms. The largest absolute Gasteiger partial charge is 0.478 e. The minimum absolute atomic E-state index is 0.0375. The van der Waals surface area contributed by atoms with Gasteiger partial charge in [-0.15, -0.1) is 0 Å². The van der Waals surface area contributed by atoms with Gasteiger partial charge in [-0.25, -0.2) is 4.79 Å². The molecular formula is C22H31NO4. The van der Waals surface area contributed by atoms with Crippen molar-refractivity contribution in [3.05, 3.63) is 47.5 Å². The van der Waals surface area contributed by atoms with Crippen LogP contribution in [0.1, 0.15) is 61.9 Å². The molecule has 2 atom stereocenters. The fourth-order valence-corrected chi connectivity index (χ4v) is 3.40. The van der Waals surface area contributed by atoms with Crippen molar-refractivity contribution >= 4 is 11.9 Å². The second kappa shape index (κ2) is 10.3. The molecule has 5 nitrogen and oxygen atoms in total. The van der Waals surface area contributed by atoms with Crippen molar-refractivity contribution in [3.63, 3.8) is 0 Å². The van der Waals surface area contributed by atoms with Gasteiger partial charge in [-0.2, -0.15) is 0 Å². The van der Waals surface area contributed by atoms with Gasteiger partial charge in [-0.05, 0) is 42.9 Å². The van der Waals surface area contributed by atoms with Crippen LogP contribution in [0, 0.1) is 5.92 Å². The molecule has 1 aliphatic heterocycles. The maximum atomic E-state index is 12.2.